The van der Waals surface area contributed by atoms with Crippen LogP contribution in [0.25, 0.3) is 0 Å². The van der Waals surface area contributed by atoms with E-state index in [1.165, 1.54) is 5.56 Å². The molecule has 0 unspecified atom stereocenters. The van der Waals surface area contributed by atoms with Gasteiger partial charge in [0.15, 0.2) is 0 Å². The molecular weight excluding hydrogens is 408 g/mol. The zero-order valence-electron chi connectivity index (χ0n) is 15.8. The third kappa shape index (κ3) is 5.47. The topological polar surface area (TPSA) is 50.8 Å². The maximum absolute atomic E-state index is 12.4. The number of hydrogen-bond donors (Lipinski definition) is 1. The van der Waals surface area contributed by atoms with Gasteiger partial charge < -0.3 is 19.7 Å². The Bertz CT molecular complexity index is 804. The SMILES string of the molecule is Cc1ccc(OCCC(=O)Nc2cc(Br)ccc2N2CCOCC2)c(C)c1. The second-order valence-electron chi connectivity index (χ2n) is 6.68. The minimum atomic E-state index is -0.0626. The smallest absolute Gasteiger partial charge is 0.227 e. The van der Waals surface area contributed by atoms with Gasteiger partial charge in [0.1, 0.15) is 5.75 Å². The van der Waals surface area contributed by atoms with Crippen molar-refractivity contribution in [2.75, 3.05) is 43.1 Å². The summed E-state index contributed by atoms with van der Waals surface area (Å²) in [6.45, 7) is 7.45. The monoisotopic (exact) mass is 432 g/mol. The lowest BCUT2D eigenvalue weighted by Crippen LogP contribution is -2.36. The van der Waals surface area contributed by atoms with Crippen LogP contribution in [-0.2, 0) is 9.53 Å². The van der Waals surface area contributed by atoms with Crippen LogP contribution in [0.4, 0.5) is 11.4 Å². The van der Waals surface area contributed by atoms with Gasteiger partial charge in [-0.15, -0.1) is 0 Å². The molecule has 0 aromatic heterocycles. The molecule has 0 bridgehead atoms. The van der Waals surface area contributed by atoms with E-state index < -0.39 is 0 Å². The number of aryl methyl sites for hydroxylation is 2. The number of ether oxygens (including phenoxy) is 2. The summed E-state index contributed by atoms with van der Waals surface area (Å²) in [4.78, 5) is 14.7. The lowest BCUT2D eigenvalue weighted by Gasteiger charge is -2.30. The van der Waals surface area contributed by atoms with E-state index in [-0.39, 0.29) is 5.91 Å². The highest BCUT2D eigenvalue weighted by Gasteiger charge is 2.16. The predicted octanol–water partition coefficient (Wildman–Crippen LogP) is 4.31. The number of amides is 1. The average molecular weight is 433 g/mol. The molecule has 0 aliphatic carbocycles. The van der Waals surface area contributed by atoms with Gasteiger partial charge in [0, 0.05) is 17.6 Å². The van der Waals surface area contributed by atoms with Gasteiger partial charge in [0.05, 0.1) is 37.6 Å². The maximum atomic E-state index is 12.4. The number of anilines is 2. The number of carbonyl (C=O) groups excluding carboxylic acids is 1. The Morgan fingerprint density at radius 2 is 1.96 bits per heavy atom. The molecular formula is C21H25BrN2O3. The first kappa shape index (κ1) is 19.7. The quantitative estimate of drug-likeness (QED) is 0.738. The minimum Gasteiger partial charge on any atom is -0.493 e. The molecule has 0 saturated carbocycles. The fourth-order valence-electron chi connectivity index (χ4n) is 3.12. The molecule has 5 nitrogen and oxygen atoms in total. The van der Waals surface area contributed by atoms with E-state index >= 15 is 0 Å². The van der Waals surface area contributed by atoms with Crippen molar-refractivity contribution in [3.63, 3.8) is 0 Å². The van der Waals surface area contributed by atoms with Crippen LogP contribution in [0.5, 0.6) is 5.75 Å². The Morgan fingerprint density at radius 3 is 2.70 bits per heavy atom. The summed E-state index contributed by atoms with van der Waals surface area (Å²) in [5.41, 5.74) is 4.10. The van der Waals surface area contributed by atoms with Crippen molar-refractivity contribution in [3.05, 3.63) is 52.0 Å². The fourth-order valence-corrected chi connectivity index (χ4v) is 3.48. The highest BCUT2D eigenvalue weighted by atomic mass is 79.9. The van der Waals surface area contributed by atoms with E-state index in [9.17, 15) is 4.79 Å². The number of morpholine rings is 1. The lowest BCUT2D eigenvalue weighted by atomic mass is 10.1. The molecule has 0 spiro atoms. The Kier molecular flexibility index (Phi) is 6.74. The van der Waals surface area contributed by atoms with Crippen molar-refractivity contribution >= 4 is 33.2 Å². The molecule has 2 aromatic rings. The third-order valence-corrected chi connectivity index (χ3v) is 4.99. The van der Waals surface area contributed by atoms with Gasteiger partial charge in [-0.25, -0.2) is 0 Å². The molecule has 1 N–H and O–H groups in total. The fraction of sp³-hybridized carbons (Fsp3) is 0.381. The molecule has 1 aliphatic rings. The Labute approximate surface area is 168 Å². The third-order valence-electron chi connectivity index (χ3n) is 4.50. The first-order chi connectivity index (χ1) is 13.0. The Hall–Kier alpha value is -2.05. The van der Waals surface area contributed by atoms with Crippen LogP contribution in [-0.4, -0.2) is 38.8 Å². The molecule has 144 valence electrons. The molecule has 1 fully saturated rings. The highest BCUT2D eigenvalue weighted by molar-refractivity contribution is 9.10. The first-order valence-corrected chi connectivity index (χ1v) is 9.94. The Morgan fingerprint density at radius 1 is 1.19 bits per heavy atom. The lowest BCUT2D eigenvalue weighted by molar-refractivity contribution is -0.116. The van der Waals surface area contributed by atoms with Gasteiger partial charge in [-0.2, -0.15) is 0 Å². The molecule has 1 aliphatic heterocycles. The largest absolute Gasteiger partial charge is 0.493 e. The van der Waals surface area contributed by atoms with Gasteiger partial charge >= 0.3 is 0 Å². The normalized spacial score (nSPS) is 14.1. The van der Waals surface area contributed by atoms with Gasteiger partial charge in [-0.05, 0) is 43.7 Å². The number of benzene rings is 2. The van der Waals surface area contributed by atoms with Crippen LogP contribution in [0.3, 0.4) is 0 Å². The molecule has 6 heteroatoms. The number of nitrogens with one attached hydrogen (secondary N) is 1. The molecule has 1 saturated heterocycles. The summed E-state index contributed by atoms with van der Waals surface area (Å²) >= 11 is 3.49. The van der Waals surface area contributed by atoms with Crippen molar-refractivity contribution in [3.8, 4) is 5.75 Å². The summed E-state index contributed by atoms with van der Waals surface area (Å²) in [5.74, 6) is 0.761. The molecule has 2 aromatic carbocycles. The van der Waals surface area contributed by atoms with E-state index in [2.05, 4.69) is 32.2 Å². The van der Waals surface area contributed by atoms with E-state index in [1.54, 1.807) is 0 Å². The zero-order chi connectivity index (χ0) is 19.2. The van der Waals surface area contributed by atoms with Crippen molar-refractivity contribution in [2.24, 2.45) is 0 Å². The van der Waals surface area contributed by atoms with Crippen LogP contribution in [0.1, 0.15) is 17.5 Å². The van der Waals surface area contributed by atoms with Crippen LogP contribution in [0.2, 0.25) is 0 Å². The average Bonchev–Trinajstić information content (AvgIpc) is 2.64. The molecule has 27 heavy (non-hydrogen) atoms. The summed E-state index contributed by atoms with van der Waals surface area (Å²) in [6, 6.07) is 12.0. The molecule has 0 radical (unpaired) electrons. The van der Waals surface area contributed by atoms with Crippen LogP contribution < -0.4 is 15.0 Å². The minimum absolute atomic E-state index is 0.0626. The number of carbonyl (C=O) groups is 1. The Balaban J connectivity index is 1.59. The second-order valence-corrected chi connectivity index (χ2v) is 7.59. The van der Waals surface area contributed by atoms with E-state index in [0.29, 0.717) is 26.2 Å². The van der Waals surface area contributed by atoms with Gasteiger partial charge in [-0.3, -0.25) is 4.79 Å². The summed E-state index contributed by atoms with van der Waals surface area (Å²) in [6.07, 6.45) is 0.294. The van der Waals surface area contributed by atoms with Gasteiger partial charge in [-0.1, -0.05) is 33.6 Å². The zero-order valence-corrected chi connectivity index (χ0v) is 17.3. The van der Waals surface area contributed by atoms with Gasteiger partial charge in [0.2, 0.25) is 5.91 Å². The molecule has 0 atom stereocenters. The van der Waals surface area contributed by atoms with E-state index in [4.69, 9.17) is 9.47 Å². The van der Waals surface area contributed by atoms with Gasteiger partial charge in [0.25, 0.3) is 0 Å². The van der Waals surface area contributed by atoms with Crippen molar-refractivity contribution in [2.45, 2.75) is 20.3 Å². The number of hydrogen-bond acceptors (Lipinski definition) is 4. The number of halogens is 1. The van der Waals surface area contributed by atoms with Crippen molar-refractivity contribution in [1.82, 2.24) is 0 Å². The van der Waals surface area contributed by atoms with E-state index in [1.807, 2.05) is 44.2 Å². The summed E-state index contributed by atoms with van der Waals surface area (Å²) < 4.78 is 12.1. The van der Waals surface area contributed by atoms with E-state index in [0.717, 1.165) is 40.2 Å². The maximum Gasteiger partial charge on any atom is 0.227 e. The van der Waals surface area contributed by atoms with Crippen molar-refractivity contribution < 1.29 is 14.3 Å². The molecule has 1 heterocycles. The van der Waals surface area contributed by atoms with Crippen molar-refractivity contribution in [1.29, 1.82) is 0 Å². The first-order valence-electron chi connectivity index (χ1n) is 9.15. The van der Waals surface area contributed by atoms with Crippen LogP contribution in [0, 0.1) is 13.8 Å². The summed E-state index contributed by atoms with van der Waals surface area (Å²) in [7, 11) is 0. The number of nitrogens with zero attached hydrogens (tertiary/aromatic N) is 1. The second kappa shape index (κ2) is 9.24. The van der Waals surface area contributed by atoms with Crippen LogP contribution >= 0.6 is 15.9 Å². The predicted molar refractivity (Wildman–Crippen MR) is 112 cm³/mol. The molecule has 3 rings (SSSR count). The van der Waals surface area contributed by atoms with Crippen LogP contribution in [0.15, 0.2) is 40.9 Å². The summed E-state index contributed by atoms with van der Waals surface area (Å²) in [5, 5.41) is 3.03. The highest BCUT2D eigenvalue weighted by Crippen LogP contribution is 2.30. The molecule has 1 amide bonds. The number of rotatable bonds is 6. The standard InChI is InChI=1S/C21H25BrN2O3/c1-15-3-6-20(16(2)13-15)27-10-7-21(25)23-18-14-17(22)4-5-19(18)24-8-11-26-12-9-24/h3-6,13-14H,7-12H2,1-2H3,(H,23,25).